The largest absolute Gasteiger partial charge is 0.325 e. The Hall–Kier alpha value is -1.80. The molecule has 2 nitrogen and oxygen atoms in total. The van der Waals surface area contributed by atoms with Crippen LogP contribution in [0.4, 0.5) is 5.69 Å². The molecule has 0 aliphatic heterocycles. The summed E-state index contributed by atoms with van der Waals surface area (Å²) in [6, 6.07) is 12.3. The van der Waals surface area contributed by atoms with Gasteiger partial charge in [0.15, 0.2) is 0 Å². The maximum absolute atomic E-state index is 12.1. The van der Waals surface area contributed by atoms with Crippen LogP contribution in [0.3, 0.4) is 0 Å². The first-order valence-corrected chi connectivity index (χ1v) is 8.01. The topological polar surface area (TPSA) is 29.1 Å². The van der Waals surface area contributed by atoms with Crippen molar-refractivity contribution in [1.29, 1.82) is 0 Å². The number of benzene rings is 2. The third-order valence-electron chi connectivity index (χ3n) is 3.77. The van der Waals surface area contributed by atoms with Crippen molar-refractivity contribution in [2.24, 2.45) is 0 Å². The van der Waals surface area contributed by atoms with Gasteiger partial charge in [0.25, 0.3) is 0 Å². The van der Waals surface area contributed by atoms with Gasteiger partial charge in [-0.2, -0.15) is 0 Å². The van der Waals surface area contributed by atoms with Crippen LogP contribution < -0.4 is 5.32 Å². The van der Waals surface area contributed by atoms with Gasteiger partial charge in [-0.1, -0.05) is 48.9 Å². The van der Waals surface area contributed by atoms with Gasteiger partial charge < -0.3 is 5.32 Å². The van der Waals surface area contributed by atoms with Crippen molar-refractivity contribution in [3.05, 3.63) is 63.7 Å². The zero-order valence-corrected chi connectivity index (χ0v) is 14.1. The second kappa shape index (κ2) is 7.46. The van der Waals surface area contributed by atoms with E-state index in [1.807, 2.05) is 26.0 Å². The number of rotatable bonds is 5. The molecule has 2 aromatic rings. The molecule has 0 saturated carbocycles. The highest BCUT2D eigenvalue weighted by Crippen LogP contribution is 2.27. The van der Waals surface area contributed by atoms with E-state index in [1.54, 1.807) is 0 Å². The molecule has 1 amide bonds. The van der Waals surface area contributed by atoms with Crippen molar-refractivity contribution < 1.29 is 4.79 Å². The fourth-order valence-corrected chi connectivity index (χ4v) is 2.84. The molecule has 0 radical (unpaired) electrons. The number of hydrogen-bond donors (Lipinski definition) is 1. The van der Waals surface area contributed by atoms with Crippen molar-refractivity contribution in [3.8, 4) is 0 Å². The van der Waals surface area contributed by atoms with E-state index >= 15 is 0 Å². The maximum atomic E-state index is 12.1. The summed E-state index contributed by atoms with van der Waals surface area (Å²) in [4.78, 5) is 12.1. The number of aryl methyl sites for hydroxylation is 4. The molecule has 0 unspecified atom stereocenters. The molecule has 116 valence electrons. The van der Waals surface area contributed by atoms with Crippen LogP contribution in [0.15, 0.2) is 36.4 Å². The molecule has 0 saturated heterocycles. The van der Waals surface area contributed by atoms with Gasteiger partial charge in [-0.25, -0.2) is 0 Å². The third-order valence-corrected chi connectivity index (χ3v) is 4.07. The van der Waals surface area contributed by atoms with Gasteiger partial charge in [0.2, 0.25) is 5.91 Å². The zero-order valence-electron chi connectivity index (χ0n) is 13.4. The summed E-state index contributed by atoms with van der Waals surface area (Å²) >= 11 is 6.21. The number of hydrogen-bond acceptors (Lipinski definition) is 1. The average molecular weight is 316 g/mol. The molecule has 22 heavy (non-hydrogen) atoms. The Bertz CT molecular complexity index is 639. The van der Waals surface area contributed by atoms with Crippen molar-refractivity contribution in [3.63, 3.8) is 0 Å². The van der Waals surface area contributed by atoms with Crippen molar-refractivity contribution in [1.82, 2.24) is 0 Å². The third kappa shape index (κ3) is 4.35. The molecule has 3 heteroatoms. The van der Waals surface area contributed by atoms with Gasteiger partial charge in [-0.05, 0) is 55.0 Å². The molecule has 0 fully saturated rings. The predicted octanol–water partition coefficient (Wildman–Crippen LogP) is 5.09. The lowest BCUT2D eigenvalue weighted by molar-refractivity contribution is -0.116. The van der Waals surface area contributed by atoms with Crippen molar-refractivity contribution >= 4 is 23.2 Å². The average Bonchev–Trinajstić information content (AvgIpc) is 2.49. The quantitative estimate of drug-likeness (QED) is 0.818. The second-order valence-corrected chi connectivity index (χ2v) is 6.06. The van der Waals surface area contributed by atoms with E-state index in [4.69, 9.17) is 11.6 Å². The lowest BCUT2D eigenvalue weighted by atomic mass is 10.1. The SMILES string of the molecule is CCc1ccc(CCC(=O)Nc2c(C)cc(C)cc2Cl)cc1. The highest BCUT2D eigenvalue weighted by Gasteiger charge is 2.09. The minimum Gasteiger partial charge on any atom is -0.325 e. The van der Waals surface area contributed by atoms with Crippen LogP contribution >= 0.6 is 11.6 Å². The smallest absolute Gasteiger partial charge is 0.224 e. The Labute approximate surface area is 137 Å². The number of halogens is 1. The summed E-state index contributed by atoms with van der Waals surface area (Å²) in [5.74, 6) is -0.00609. The molecule has 0 aromatic heterocycles. The van der Waals surface area contributed by atoms with E-state index in [0.717, 1.165) is 29.7 Å². The Morgan fingerprint density at radius 1 is 1.09 bits per heavy atom. The summed E-state index contributed by atoms with van der Waals surface area (Å²) in [7, 11) is 0. The highest BCUT2D eigenvalue weighted by molar-refractivity contribution is 6.34. The lowest BCUT2D eigenvalue weighted by Crippen LogP contribution is -2.13. The first-order chi connectivity index (χ1) is 10.5. The fourth-order valence-electron chi connectivity index (χ4n) is 2.48. The first-order valence-electron chi connectivity index (χ1n) is 7.64. The van der Waals surface area contributed by atoms with Crippen LogP contribution in [0.5, 0.6) is 0 Å². The van der Waals surface area contributed by atoms with Gasteiger partial charge >= 0.3 is 0 Å². The standard InChI is InChI=1S/C19H22ClNO/c1-4-15-5-7-16(8-6-15)9-10-18(22)21-19-14(3)11-13(2)12-17(19)20/h5-8,11-12H,4,9-10H2,1-3H3,(H,21,22). The minimum absolute atomic E-state index is 0.00609. The lowest BCUT2D eigenvalue weighted by Gasteiger charge is -2.11. The minimum atomic E-state index is -0.00609. The summed E-state index contributed by atoms with van der Waals surface area (Å²) in [6.45, 7) is 6.08. The number of amides is 1. The molecule has 0 bridgehead atoms. The number of nitrogens with one attached hydrogen (secondary N) is 1. The molecule has 0 atom stereocenters. The van der Waals surface area contributed by atoms with Crippen molar-refractivity contribution in [2.45, 2.75) is 40.0 Å². The Balaban J connectivity index is 1.95. The van der Waals surface area contributed by atoms with Gasteiger partial charge in [-0.3, -0.25) is 4.79 Å². The molecule has 0 aliphatic carbocycles. The number of anilines is 1. The van der Waals surface area contributed by atoms with Crippen LogP contribution in [0.1, 0.15) is 35.6 Å². The normalized spacial score (nSPS) is 10.5. The molecule has 2 aromatic carbocycles. The van der Waals surface area contributed by atoms with Crippen LogP contribution in [0.2, 0.25) is 5.02 Å². The Morgan fingerprint density at radius 2 is 1.73 bits per heavy atom. The molecule has 0 aliphatic rings. The van der Waals surface area contributed by atoms with E-state index in [-0.39, 0.29) is 5.91 Å². The van der Waals surface area contributed by atoms with Crippen LogP contribution in [0.25, 0.3) is 0 Å². The number of carbonyl (C=O) groups is 1. The molecule has 2 rings (SSSR count). The summed E-state index contributed by atoms with van der Waals surface area (Å²) in [5, 5.41) is 3.52. The molecule has 0 heterocycles. The van der Waals surface area contributed by atoms with E-state index in [2.05, 4.69) is 36.5 Å². The summed E-state index contributed by atoms with van der Waals surface area (Å²) in [5.41, 5.74) is 5.30. The Morgan fingerprint density at radius 3 is 2.32 bits per heavy atom. The highest BCUT2D eigenvalue weighted by atomic mass is 35.5. The fraction of sp³-hybridized carbons (Fsp3) is 0.316. The Kier molecular flexibility index (Phi) is 5.62. The van der Waals surface area contributed by atoms with Crippen molar-refractivity contribution in [2.75, 3.05) is 5.32 Å². The van der Waals surface area contributed by atoms with Gasteiger partial charge in [0.1, 0.15) is 0 Å². The summed E-state index contributed by atoms with van der Waals surface area (Å²) < 4.78 is 0. The van der Waals surface area contributed by atoms with Crippen LogP contribution in [-0.2, 0) is 17.6 Å². The maximum Gasteiger partial charge on any atom is 0.224 e. The molecular weight excluding hydrogens is 294 g/mol. The first kappa shape index (κ1) is 16.6. The van der Waals surface area contributed by atoms with E-state index < -0.39 is 0 Å². The summed E-state index contributed by atoms with van der Waals surface area (Å²) in [6.07, 6.45) is 2.22. The molecule has 0 spiro atoms. The van der Waals surface area contributed by atoms with Gasteiger partial charge in [0, 0.05) is 6.42 Å². The van der Waals surface area contributed by atoms with Crippen LogP contribution in [-0.4, -0.2) is 5.91 Å². The number of carbonyl (C=O) groups excluding carboxylic acids is 1. The van der Waals surface area contributed by atoms with Crippen LogP contribution in [0, 0.1) is 13.8 Å². The van der Waals surface area contributed by atoms with E-state index in [0.29, 0.717) is 11.4 Å². The molecular formula is C19H22ClNO. The van der Waals surface area contributed by atoms with Gasteiger partial charge in [0.05, 0.1) is 10.7 Å². The van der Waals surface area contributed by atoms with Gasteiger partial charge in [-0.15, -0.1) is 0 Å². The van der Waals surface area contributed by atoms with E-state index in [9.17, 15) is 4.79 Å². The monoisotopic (exact) mass is 315 g/mol. The second-order valence-electron chi connectivity index (χ2n) is 5.66. The van der Waals surface area contributed by atoms with E-state index in [1.165, 1.54) is 11.1 Å². The molecule has 1 N–H and O–H groups in total. The predicted molar refractivity (Wildman–Crippen MR) is 93.7 cm³/mol. The zero-order chi connectivity index (χ0) is 16.1.